The third-order valence-electron chi connectivity index (χ3n) is 1.15. The van der Waals surface area contributed by atoms with Crippen LogP contribution in [0.2, 0.25) is 0 Å². The van der Waals surface area contributed by atoms with Gasteiger partial charge >= 0.3 is 0 Å². The summed E-state index contributed by atoms with van der Waals surface area (Å²) >= 11 is 0. The van der Waals surface area contributed by atoms with Crippen LogP contribution in [0.5, 0.6) is 0 Å². The highest BCUT2D eigenvalue weighted by atomic mass is 16.1. The van der Waals surface area contributed by atoms with E-state index < -0.39 is 0 Å². The van der Waals surface area contributed by atoms with Gasteiger partial charge < -0.3 is 10.6 Å². The molecule has 0 aliphatic rings. The largest absolute Gasteiger partial charge is 0.356 e. The summed E-state index contributed by atoms with van der Waals surface area (Å²) in [7, 11) is 0. The molecule has 0 aliphatic heterocycles. The Labute approximate surface area is 62.2 Å². The van der Waals surface area contributed by atoms with E-state index in [0.29, 0.717) is 0 Å². The van der Waals surface area contributed by atoms with Crippen molar-refractivity contribution in [2.24, 2.45) is 0 Å². The molecule has 0 rings (SSSR count). The van der Waals surface area contributed by atoms with Crippen LogP contribution in [0.25, 0.3) is 0 Å². The van der Waals surface area contributed by atoms with Crippen LogP contribution < -0.4 is 10.6 Å². The molecule has 10 heavy (non-hydrogen) atoms. The van der Waals surface area contributed by atoms with Gasteiger partial charge in [0.15, 0.2) is 0 Å². The van der Waals surface area contributed by atoms with Crippen molar-refractivity contribution in [3.63, 3.8) is 0 Å². The fourth-order valence-electron chi connectivity index (χ4n) is 0.655. The van der Waals surface area contributed by atoms with Crippen molar-refractivity contribution in [2.45, 2.75) is 20.3 Å². The number of carbonyl (C=O) groups excluding carboxylic acids is 1. The molecule has 2 N–H and O–H groups in total. The minimum absolute atomic E-state index is 0.0523. The van der Waals surface area contributed by atoms with E-state index in [0.717, 1.165) is 26.1 Å². The summed E-state index contributed by atoms with van der Waals surface area (Å²) in [4.78, 5) is 10.3. The third-order valence-corrected chi connectivity index (χ3v) is 1.15. The molecule has 0 atom stereocenters. The highest BCUT2D eigenvalue weighted by Gasteiger charge is 1.88. The number of hydrogen-bond acceptors (Lipinski definition) is 2. The molecular weight excluding hydrogens is 128 g/mol. The zero-order valence-corrected chi connectivity index (χ0v) is 6.74. The first kappa shape index (κ1) is 9.43. The maximum absolute atomic E-state index is 10.3. The number of rotatable bonds is 5. The van der Waals surface area contributed by atoms with Crippen LogP contribution in [0.3, 0.4) is 0 Å². The Morgan fingerprint density at radius 3 is 2.60 bits per heavy atom. The average molecular weight is 144 g/mol. The molecule has 0 unspecified atom stereocenters. The van der Waals surface area contributed by atoms with Gasteiger partial charge in [-0.3, -0.25) is 4.79 Å². The highest BCUT2D eigenvalue weighted by Crippen LogP contribution is 1.72. The predicted molar refractivity (Wildman–Crippen MR) is 41.8 cm³/mol. The molecule has 0 spiro atoms. The topological polar surface area (TPSA) is 41.1 Å². The fraction of sp³-hybridized carbons (Fsp3) is 0.857. The molecule has 0 aromatic carbocycles. The van der Waals surface area contributed by atoms with Crippen LogP contribution in [0.1, 0.15) is 20.3 Å². The summed E-state index contributed by atoms with van der Waals surface area (Å²) < 4.78 is 0. The Balaban J connectivity index is 2.84. The van der Waals surface area contributed by atoms with Crippen molar-refractivity contribution in [3.8, 4) is 0 Å². The van der Waals surface area contributed by atoms with Crippen LogP contribution in [-0.4, -0.2) is 25.5 Å². The molecule has 0 aliphatic carbocycles. The first-order chi connectivity index (χ1) is 4.77. The van der Waals surface area contributed by atoms with Crippen molar-refractivity contribution in [2.75, 3.05) is 19.6 Å². The SMILES string of the molecule is CCNCCCNC(C)=O. The van der Waals surface area contributed by atoms with Gasteiger partial charge in [0, 0.05) is 13.5 Å². The van der Waals surface area contributed by atoms with Gasteiger partial charge in [-0.05, 0) is 19.5 Å². The molecule has 3 nitrogen and oxygen atoms in total. The predicted octanol–water partition coefficient (Wildman–Crippen LogP) is 0.122. The average Bonchev–Trinajstić information content (AvgIpc) is 1.87. The van der Waals surface area contributed by atoms with Gasteiger partial charge in [-0.25, -0.2) is 0 Å². The van der Waals surface area contributed by atoms with Gasteiger partial charge in [0.1, 0.15) is 0 Å². The zero-order valence-electron chi connectivity index (χ0n) is 6.74. The molecule has 60 valence electrons. The fourth-order valence-corrected chi connectivity index (χ4v) is 0.655. The number of carbonyl (C=O) groups is 1. The number of hydrogen-bond donors (Lipinski definition) is 2. The van der Waals surface area contributed by atoms with E-state index in [9.17, 15) is 4.79 Å². The summed E-state index contributed by atoms with van der Waals surface area (Å²) in [5, 5.41) is 5.90. The Hall–Kier alpha value is -0.570. The summed E-state index contributed by atoms with van der Waals surface area (Å²) in [5.74, 6) is 0.0523. The lowest BCUT2D eigenvalue weighted by Crippen LogP contribution is -2.24. The molecule has 0 fully saturated rings. The second kappa shape index (κ2) is 6.55. The van der Waals surface area contributed by atoms with Gasteiger partial charge in [-0.1, -0.05) is 6.92 Å². The Bertz CT molecular complexity index is 93.6. The summed E-state index contributed by atoms with van der Waals surface area (Å²) in [6.45, 7) is 6.37. The van der Waals surface area contributed by atoms with Crippen LogP contribution in [0, 0.1) is 0 Å². The second-order valence-electron chi connectivity index (χ2n) is 2.19. The first-order valence-electron chi connectivity index (χ1n) is 3.72. The van der Waals surface area contributed by atoms with Gasteiger partial charge in [0.05, 0.1) is 0 Å². The van der Waals surface area contributed by atoms with Crippen molar-refractivity contribution in [1.29, 1.82) is 0 Å². The van der Waals surface area contributed by atoms with E-state index in [4.69, 9.17) is 0 Å². The lowest BCUT2D eigenvalue weighted by molar-refractivity contribution is -0.118. The molecule has 3 heteroatoms. The third kappa shape index (κ3) is 7.43. The normalized spacial score (nSPS) is 9.40. The molecule has 0 aromatic rings. The Morgan fingerprint density at radius 1 is 1.40 bits per heavy atom. The molecule has 0 bridgehead atoms. The van der Waals surface area contributed by atoms with E-state index in [1.54, 1.807) is 0 Å². The molecule has 0 saturated heterocycles. The highest BCUT2D eigenvalue weighted by molar-refractivity contribution is 5.72. The van der Waals surface area contributed by atoms with Gasteiger partial charge in [-0.2, -0.15) is 0 Å². The smallest absolute Gasteiger partial charge is 0.216 e. The maximum Gasteiger partial charge on any atom is 0.216 e. The number of nitrogens with one attached hydrogen (secondary N) is 2. The van der Waals surface area contributed by atoms with Crippen LogP contribution >= 0.6 is 0 Å². The molecule has 0 aromatic heterocycles. The lowest BCUT2D eigenvalue weighted by atomic mass is 10.4. The Morgan fingerprint density at radius 2 is 2.10 bits per heavy atom. The van der Waals surface area contributed by atoms with Crippen molar-refractivity contribution < 1.29 is 4.79 Å². The van der Waals surface area contributed by atoms with Crippen molar-refractivity contribution >= 4 is 5.91 Å². The number of amides is 1. The molecule has 1 amide bonds. The van der Waals surface area contributed by atoms with E-state index in [2.05, 4.69) is 17.6 Å². The van der Waals surface area contributed by atoms with E-state index in [-0.39, 0.29) is 5.91 Å². The molecule has 0 saturated carbocycles. The van der Waals surface area contributed by atoms with E-state index in [1.165, 1.54) is 6.92 Å². The second-order valence-corrected chi connectivity index (χ2v) is 2.19. The van der Waals surface area contributed by atoms with Gasteiger partial charge in [-0.15, -0.1) is 0 Å². The molecule has 0 heterocycles. The van der Waals surface area contributed by atoms with Crippen LogP contribution in [0.15, 0.2) is 0 Å². The van der Waals surface area contributed by atoms with E-state index in [1.807, 2.05) is 0 Å². The van der Waals surface area contributed by atoms with E-state index >= 15 is 0 Å². The quantitative estimate of drug-likeness (QED) is 0.538. The Kier molecular flexibility index (Phi) is 6.18. The first-order valence-corrected chi connectivity index (χ1v) is 3.72. The van der Waals surface area contributed by atoms with Crippen LogP contribution in [0.4, 0.5) is 0 Å². The van der Waals surface area contributed by atoms with Crippen molar-refractivity contribution in [3.05, 3.63) is 0 Å². The summed E-state index contributed by atoms with van der Waals surface area (Å²) in [6.07, 6.45) is 1.01. The maximum atomic E-state index is 10.3. The van der Waals surface area contributed by atoms with Gasteiger partial charge in [0.2, 0.25) is 5.91 Å². The summed E-state index contributed by atoms with van der Waals surface area (Å²) in [6, 6.07) is 0. The monoisotopic (exact) mass is 144 g/mol. The standard InChI is InChI=1S/C7H16N2O/c1-3-8-5-4-6-9-7(2)10/h8H,3-6H2,1-2H3,(H,9,10). The summed E-state index contributed by atoms with van der Waals surface area (Å²) in [5.41, 5.74) is 0. The zero-order chi connectivity index (χ0) is 7.82. The van der Waals surface area contributed by atoms with Crippen molar-refractivity contribution in [1.82, 2.24) is 10.6 Å². The molecular formula is C7H16N2O. The molecule has 0 radical (unpaired) electrons. The minimum Gasteiger partial charge on any atom is -0.356 e. The van der Waals surface area contributed by atoms with Crippen LogP contribution in [-0.2, 0) is 4.79 Å². The van der Waals surface area contributed by atoms with Gasteiger partial charge in [0.25, 0.3) is 0 Å². The lowest BCUT2D eigenvalue weighted by Gasteiger charge is -2.01. The minimum atomic E-state index is 0.0523.